The summed E-state index contributed by atoms with van der Waals surface area (Å²) in [6, 6.07) is -0.976. The third kappa shape index (κ3) is 30.5. The Morgan fingerprint density at radius 3 is 1.25 bits per heavy atom. The van der Waals surface area contributed by atoms with Crippen molar-refractivity contribution in [2.24, 2.45) is 0 Å². The van der Waals surface area contributed by atoms with E-state index >= 15 is 0 Å². The summed E-state index contributed by atoms with van der Waals surface area (Å²) >= 11 is 0. The minimum atomic E-state index is -1.98. The second-order valence-corrected chi connectivity index (χ2v) is 22.1. The van der Waals surface area contributed by atoms with Crippen molar-refractivity contribution in [1.29, 1.82) is 0 Å². The number of aliphatic hydroxyl groups excluding tert-OH is 11. The van der Waals surface area contributed by atoms with E-state index in [1.165, 1.54) is 44.9 Å². The number of hydrogen-bond acceptors (Lipinski definition) is 18. The Morgan fingerprint density at radius 2 is 0.812 bits per heavy atom. The van der Waals surface area contributed by atoms with Crippen LogP contribution in [0.3, 0.4) is 0 Å². The molecule has 3 heterocycles. The molecule has 17 atom stereocenters. The van der Waals surface area contributed by atoms with Gasteiger partial charge in [0.05, 0.1) is 38.6 Å². The van der Waals surface area contributed by atoms with Crippen LogP contribution < -0.4 is 5.32 Å². The Labute approximate surface area is 506 Å². The molecule has 3 aliphatic heterocycles. The average Bonchev–Trinajstić information content (AvgIpc) is 3.44. The number of rotatable bonds is 45. The van der Waals surface area contributed by atoms with E-state index in [2.05, 4.69) is 109 Å². The normalized spacial score (nSPS) is 29.7. The van der Waals surface area contributed by atoms with Gasteiger partial charge in [0.15, 0.2) is 18.9 Å². The van der Waals surface area contributed by atoms with E-state index in [1.54, 1.807) is 12.2 Å². The topological polar surface area (TPSA) is 307 Å². The summed E-state index contributed by atoms with van der Waals surface area (Å²) in [5.41, 5.74) is 0. The lowest BCUT2D eigenvalue weighted by molar-refractivity contribution is -0.379. The summed E-state index contributed by atoms with van der Waals surface area (Å²) in [4.78, 5) is 13.1. The van der Waals surface area contributed by atoms with Gasteiger partial charge in [0.1, 0.15) is 73.2 Å². The molecule has 19 heteroatoms. The van der Waals surface area contributed by atoms with E-state index in [1.807, 2.05) is 6.92 Å². The van der Waals surface area contributed by atoms with Crippen molar-refractivity contribution in [2.75, 3.05) is 26.4 Å². The summed E-state index contributed by atoms with van der Waals surface area (Å²) in [6.45, 7) is 1.34. The molecule has 0 aromatic carbocycles. The Balaban J connectivity index is 1.25. The van der Waals surface area contributed by atoms with Gasteiger partial charge in [0.2, 0.25) is 5.91 Å². The van der Waals surface area contributed by atoms with Gasteiger partial charge in [-0.15, -0.1) is 0 Å². The smallest absolute Gasteiger partial charge is 0.220 e. The van der Waals surface area contributed by atoms with Crippen LogP contribution >= 0.6 is 0 Å². The van der Waals surface area contributed by atoms with Crippen LogP contribution in [0.25, 0.3) is 0 Å². The van der Waals surface area contributed by atoms with Gasteiger partial charge < -0.3 is 89.9 Å². The number of hydrogen-bond donors (Lipinski definition) is 12. The lowest BCUT2D eigenvalue weighted by Crippen LogP contribution is -2.66. The van der Waals surface area contributed by atoms with Crippen LogP contribution in [0.15, 0.2) is 109 Å². The highest BCUT2D eigenvalue weighted by atomic mass is 16.8. The first-order valence-corrected chi connectivity index (χ1v) is 31.6. The highest BCUT2D eigenvalue weighted by Crippen LogP contribution is 2.33. The number of amides is 1. The predicted octanol–water partition coefficient (Wildman–Crippen LogP) is 6.71. The first-order chi connectivity index (χ1) is 41.3. The zero-order chi connectivity index (χ0) is 61.9. The summed E-state index contributed by atoms with van der Waals surface area (Å²) in [7, 11) is 0. The second kappa shape index (κ2) is 47.5. The molecule has 17 unspecified atom stereocenters. The maximum absolute atomic E-state index is 13.1. The van der Waals surface area contributed by atoms with Crippen LogP contribution in [0, 0.1) is 0 Å². The van der Waals surface area contributed by atoms with Gasteiger partial charge in [0.25, 0.3) is 0 Å². The Hall–Kier alpha value is -3.55. The predicted molar refractivity (Wildman–Crippen MR) is 327 cm³/mol. The summed E-state index contributed by atoms with van der Waals surface area (Å²) in [5, 5.41) is 119. The lowest BCUT2D eigenvalue weighted by atomic mass is 9.96. The molecule has 486 valence electrons. The minimum Gasteiger partial charge on any atom is -0.394 e. The lowest BCUT2D eigenvalue weighted by Gasteiger charge is -2.48. The number of ether oxygens (including phenoxy) is 6. The van der Waals surface area contributed by atoms with E-state index in [0.717, 1.165) is 89.9 Å². The first-order valence-electron chi connectivity index (χ1n) is 31.6. The van der Waals surface area contributed by atoms with E-state index in [4.69, 9.17) is 28.4 Å². The van der Waals surface area contributed by atoms with E-state index in [9.17, 15) is 61.0 Å². The molecule has 0 bridgehead atoms. The fourth-order valence-electron chi connectivity index (χ4n) is 9.92. The minimum absolute atomic E-state index is 0.231. The highest BCUT2D eigenvalue weighted by molar-refractivity contribution is 5.76. The van der Waals surface area contributed by atoms with Crippen LogP contribution in [-0.2, 0) is 33.2 Å². The first kappa shape index (κ1) is 75.7. The largest absolute Gasteiger partial charge is 0.394 e. The Kier molecular flexibility index (Phi) is 42.3. The van der Waals surface area contributed by atoms with Gasteiger partial charge in [0, 0.05) is 6.42 Å². The number of aliphatic hydroxyl groups is 11. The zero-order valence-corrected chi connectivity index (χ0v) is 50.8. The maximum atomic E-state index is 13.1. The van der Waals surface area contributed by atoms with Crippen LogP contribution in [-0.4, -0.2) is 193 Å². The number of nitrogens with one attached hydrogen (secondary N) is 1. The van der Waals surface area contributed by atoms with Crippen molar-refractivity contribution < 1.29 is 89.4 Å². The van der Waals surface area contributed by atoms with E-state index in [0.29, 0.717) is 12.8 Å². The van der Waals surface area contributed by atoms with Gasteiger partial charge in [-0.25, -0.2) is 0 Å². The third-order valence-electron chi connectivity index (χ3n) is 15.1. The summed E-state index contributed by atoms with van der Waals surface area (Å²) < 4.78 is 34.0. The van der Waals surface area contributed by atoms with Crippen LogP contribution in [0.4, 0.5) is 0 Å². The molecule has 3 rings (SSSR count). The monoisotopic (exact) mass is 1200 g/mol. The molecular formula is C66H109NO18. The van der Waals surface area contributed by atoms with Crippen molar-refractivity contribution in [3.63, 3.8) is 0 Å². The molecular weight excluding hydrogens is 1090 g/mol. The van der Waals surface area contributed by atoms with Crippen LogP contribution in [0.5, 0.6) is 0 Å². The van der Waals surface area contributed by atoms with E-state index in [-0.39, 0.29) is 18.9 Å². The van der Waals surface area contributed by atoms with Crippen molar-refractivity contribution in [3.8, 4) is 0 Å². The highest BCUT2D eigenvalue weighted by Gasteiger charge is 2.53. The van der Waals surface area contributed by atoms with Crippen molar-refractivity contribution in [2.45, 2.75) is 272 Å². The molecule has 0 aromatic heterocycles. The number of carbonyl (C=O) groups is 1. The Morgan fingerprint density at radius 1 is 0.435 bits per heavy atom. The van der Waals surface area contributed by atoms with Gasteiger partial charge in [-0.3, -0.25) is 4.79 Å². The molecule has 0 spiro atoms. The SMILES string of the molecule is CC/C=C\C/C=C\C/C=C\C/C=C\C/C=C\C/C=C\C/C=C\C/C=C\CCCCCCCCCCCCCCC(=O)NC(COC1OC(CO)C(OC2OC(CO)C(OC3OC(CO)C(O)C(O)C3O)C(O)C2O)C(O)C1O)C(O)/C=C/CCC. The molecule has 3 saturated heterocycles. The molecule has 0 radical (unpaired) electrons. The molecule has 1 amide bonds. The van der Waals surface area contributed by atoms with Crippen LogP contribution in [0.2, 0.25) is 0 Å². The molecule has 0 saturated carbocycles. The van der Waals surface area contributed by atoms with Crippen molar-refractivity contribution >= 4 is 5.91 Å². The molecule has 12 N–H and O–H groups in total. The van der Waals surface area contributed by atoms with Gasteiger partial charge in [-0.1, -0.05) is 194 Å². The van der Waals surface area contributed by atoms with E-state index < -0.39 is 124 Å². The van der Waals surface area contributed by atoms with Gasteiger partial charge in [-0.2, -0.15) is 0 Å². The molecule has 3 aliphatic rings. The summed E-state index contributed by atoms with van der Waals surface area (Å²) in [6.07, 6.45) is 36.5. The second-order valence-electron chi connectivity index (χ2n) is 22.1. The number of unbranched alkanes of at least 4 members (excludes halogenated alkanes) is 13. The third-order valence-corrected chi connectivity index (χ3v) is 15.1. The van der Waals surface area contributed by atoms with Crippen molar-refractivity contribution in [1.82, 2.24) is 5.32 Å². The summed E-state index contributed by atoms with van der Waals surface area (Å²) in [5.74, 6) is -0.296. The average molecular weight is 1200 g/mol. The number of carbonyl (C=O) groups excluding carboxylic acids is 1. The number of allylic oxidation sites excluding steroid dienone is 17. The Bertz CT molecular complexity index is 1970. The molecule has 0 aliphatic carbocycles. The molecule has 85 heavy (non-hydrogen) atoms. The van der Waals surface area contributed by atoms with Gasteiger partial charge >= 0.3 is 0 Å². The maximum Gasteiger partial charge on any atom is 0.220 e. The fraction of sp³-hybridized carbons (Fsp3) is 0.712. The standard InChI is InChI=1S/C66H109NO18/c1-3-5-7-8-9-10-11-12-13-14-15-16-17-18-19-20-21-22-23-24-25-26-27-28-29-30-31-32-33-34-35-36-37-38-39-40-42-44-54(72)67-49(50(71)43-41-6-4-2)48-80-64-60(78)57(75)62(52(46-69)82-64)85-66-61(79)58(76)63(53(47-70)83-66)84-65-59(77)56(74)55(73)51(45-68)81-65/h5,7,9-10,12-13,15-16,18-19,21-22,24-25,27-28,41,43,49-53,55-66,68-71,73-79H,3-4,6,8,11,14,17,20,23,26,29-40,42,44-48H2,1-2H3,(H,67,72)/b7-5-,10-9-,13-12-,16-15-,19-18-,22-21-,25-24-,28-27-,43-41+. The molecule has 3 fully saturated rings. The fourth-order valence-corrected chi connectivity index (χ4v) is 9.92. The zero-order valence-electron chi connectivity index (χ0n) is 50.8. The quantitative estimate of drug-likeness (QED) is 0.0223. The van der Waals surface area contributed by atoms with Crippen LogP contribution in [0.1, 0.15) is 168 Å². The van der Waals surface area contributed by atoms with Gasteiger partial charge in [-0.05, 0) is 77.0 Å². The molecule has 0 aromatic rings. The molecule has 19 nitrogen and oxygen atoms in total. The van der Waals surface area contributed by atoms with Crippen molar-refractivity contribution in [3.05, 3.63) is 109 Å².